The van der Waals surface area contributed by atoms with Crippen LogP contribution in [0.1, 0.15) is 11.5 Å². The summed E-state index contributed by atoms with van der Waals surface area (Å²) >= 11 is 0. The number of hydrogen-bond acceptors (Lipinski definition) is 3. The molecule has 0 saturated carbocycles. The minimum Gasteiger partial charge on any atom is -0.319 e. The Labute approximate surface area is 88.1 Å². The van der Waals surface area contributed by atoms with E-state index in [2.05, 4.69) is 11.4 Å². The highest BCUT2D eigenvalue weighted by Gasteiger charge is 2.28. The molecular formula is C11H13N3O. The van der Waals surface area contributed by atoms with Crippen molar-refractivity contribution in [2.24, 2.45) is 13.0 Å². The largest absolute Gasteiger partial charge is 0.319 e. The first kappa shape index (κ1) is 9.94. The van der Waals surface area contributed by atoms with E-state index in [1.54, 1.807) is 19.3 Å². The molecule has 2 unspecified atom stereocenters. The lowest BCUT2D eigenvalue weighted by Crippen LogP contribution is -2.18. The quantitative estimate of drug-likeness (QED) is 0.710. The van der Waals surface area contributed by atoms with Gasteiger partial charge in [-0.15, -0.1) is 0 Å². The summed E-state index contributed by atoms with van der Waals surface area (Å²) in [7, 11) is 1.72. The van der Waals surface area contributed by atoms with Crippen LogP contribution in [0.4, 0.5) is 0 Å². The van der Waals surface area contributed by atoms with Gasteiger partial charge < -0.3 is 9.88 Å². The monoisotopic (exact) mass is 203 g/mol. The molecule has 4 heteroatoms. The first-order chi connectivity index (χ1) is 7.22. The second-order valence-corrected chi connectivity index (χ2v) is 3.91. The lowest BCUT2D eigenvalue weighted by molar-refractivity contribution is 0.642. The third-order valence-corrected chi connectivity index (χ3v) is 2.94. The molecule has 0 aromatic carbocycles. The smallest absolute Gasteiger partial charge is 0.250 e. The molecule has 1 N–H and O–H groups in total. The molecule has 0 bridgehead atoms. The zero-order valence-electron chi connectivity index (χ0n) is 8.60. The summed E-state index contributed by atoms with van der Waals surface area (Å²) in [4.78, 5) is 11.5. The van der Waals surface area contributed by atoms with Crippen LogP contribution in [0.5, 0.6) is 0 Å². The standard InChI is InChI=1S/C11H13N3O/c1-14-3-2-8(4-11(14)15)10-7-13-6-9(10)5-12/h2-4,9-10,13H,6-7H2,1H3. The summed E-state index contributed by atoms with van der Waals surface area (Å²) in [6, 6.07) is 5.82. The number of rotatable bonds is 1. The van der Waals surface area contributed by atoms with E-state index >= 15 is 0 Å². The van der Waals surface area contributed by atoms with Gasteiger partial charge in [0.1, 0.15) is 0 Å². The lowest BCUT2D eigenvalue weighted by Gasteiger charge is -2.12. The zero-order chi connectivity index (χ0) is 10.8. The normalized spacial score (nSPS) is 25.1. The predicted octanol–water partition coefficient (Wildman–Crippen LogP) is 0.212. The molecule has 1 aliphatic heterocycles. The van der Waals surface area contributed by atoms with Crippen molar-refractivity contribution in [3.63, 3.8) is 0 Å². The van der Waals surface area contributed by atoms with E-state index in [0.717, 1.165) is 18.7 Å². The molecule has 0 aliphatic carbocycles. The Morgan fingerprint density at radius 2 is 2.40 bits per heavy atom. The van der Waals surface area contributed by atoms with Gasteiger partial charge in [0.25, 0.3) is 5.56 Å². The molecule has 2 atom stereocenters. The zero-order valence-corrected chi connectivity index (χ0v) is 8.60. The van der Waals surface area contributed by atoms with E-state index in [1.807, 2.05) is 6.07 Å². The third kappa shape index (κ3) is 1.79. The van der Waals surface area contributed by atoms with Crippen molar-refractivity contribution in [3.05, 3.63) is 34.2 Å². The van der Waals surface area contributed by atoms with Gasteiger partial charge in [-0.3, -0.25) is 4.79 Å². The first-order valence-corrected chi connectivity index (χ1v) is 4.99. The average molecular weight is 203 g/mol. The van der Waals surface area contributed by atoms with E-state index < -0.39 is 0 Å². The first-order valence-electron chi connectivity index (χ1n) is 4.99. The molecule has 4 nitrogen and oxygen atoms in total. The number of aryl methyl sites for hydroxylation is 1. The van der Waals surface area contributed by atoms with Gasteiger partial charge in [0.15, 0.2) is 0 Å². The molecule has 0 spiro atoms. The Balaban J connectivity index is 2.34. The van der Waals surface area contributed by atoms with Gasteiger partial charge in [0.05, 0.1) is 12.0 Å². The molecule has 0 radical (unpaired) electrons. The predicted molar refractivity (Wildman–Crippen MR) is 56.4 cm³/mol. The SMILES string of the molecule is Cn1ccc(C2CNCC2C#N)cc1=O. The van der Waals surface area contributed by atoms with E-state index in [-0.39, 0.29) is 17.4 Å². The number of nitrogens with one attached hydrogen (secondary N) is 1. The van der Waals surface area contributed by atoms with Gasteiger partial charge in [0.2, 0.25) is 0 Å². The van der Waals surface area contributed by atoms with Gasteiger partial charge in [-0.05, 0) is 11.6 Å². The van der Waals surface area contributed by atoms with Gasteiger partial charge in [-0.2, -0.15) is 5.26 Å². The van der Waals surface area contributed by atoms with Crippen LogP contribution < -0.4 is 10.9 Å². The second kappa shape index (κ2) is 3.87. The summed E-state index contributed by atoms with van der Waals surface area (Å²) in [5.41, 5.74) is 0.950. The fraction of sp³-hybridized carbons (Fsp3) is 0.455. The van der Waals surface area contributed by atoms with Gasteiger partial charge in [-0.1, -0.05) is 0 Å². The van der Waals surface area contributed by atoms with Crippen molar-refractivity contribution in [3.8, 4) is 6.07 Å². The van der Waals surface area contributed by atoms with Crippen molar-refractivity contribution >= 4 is 0 Å². The van der Waals surface area contributed by atoms with Crippen LogP contribution >= 0.6 is 0 Å². The van der Waals surface area contributed by atoms with E-state index in [9.17, 15) is 4.79 Å². The van der Waals surface area contributed by atoms with E-state index in [0.29, 0.717) is 0 Å². The van der Waals surface area contributed by atoms with Crippen LogP contribution in [0.3, 0.4) is 0 Å². The number of nitriles is 1. The number of aromatic nitrogens is 1. The Kier molecular flexibility index (Phi) is 2.57. The number of nitrogens with zero attached hydrogens (tertiary/aromatic N) is 2. The lowest BCUT2D eigenvalue weighted by atomic mass is 9.91. The van der Waals surface area contributed by atoms with Crippen LogP contribution in [0.15, 0.2) is 23.1 Å². The van der Waals surface area contributed by atoms with E-state index in [4.69, 9.17) is 5.26 Å². The maximum absolute atomic E-state index is 11.5. The molecule has 1 aromatic rings. The van der Waals surface area contributed by atoms with Crippen molar-refractivity contribution in [2.45, 2.75) is 5.92 Å². The molecule has 1 fully saturated rings. The highest BCUT2D eigenvalue weighted by Crippen LogP contribution is 2.26. The summed E-state index contributed by atoms with van der Waals surface area (Å²) in [5, 5.41) is 12.1. The molecule has 0 amide bonds. The van der Waals surface area contributed by atoms with Gasteiger partial charge in [0, 0.05) is 38.3 Å². The van der Waals surface area contributed by atoms with Crippen LogP contribution in [0, 0.1) is 17.2 Å². The topological polar surface area (TPSA) is 57.8 Å². The summed E-state index contributed by atoms with van der Waals surface area (Å²) in [6.07, 6.45) is 1.75. The molecule has 2 rings (SSSR count). The van der Waals surface area contributed by atoms with E-state index in [1.165, 1.54) is 4.57 Å². The van der Waals surface area contributed by atoms with Crippen molar-refractivity contribution < 1.29 is 0 Å². The molecule has 1 aromatic heterocycles. The second-order valence-electron chi connectivity index (χ2n) is 3.91. The van der Waals surface area contributed by atoms with Crippen molar-refractivity contribution in [2.75, 3.05) is 13.1 Å². The minimum absolute atomic E-state index is 0.0166. The molecule has 78 valence electrons. The van der Waals surface area contributed by atoms with Crippen molar-refractivity contribution in [1.82, 2.24) is 9.88 Å². The Bertz CT molecular complexity index is 458. The van der Waals surface area contributed by atoms with Crippen LogP contribution in [0.2, 0.25) is 0 Å². The van der Waals surface area contributed by atoms with Gasteiger partial charge >= 0.3 is 0 Å². The number of pyridine rings is 1. The molecule has 1 saturated heterocycles. The van der Waals surface area contributed by atoms with Crippen LogP contribution in [-0.4, -0.2) is 17.7 Å². The third-order valence-electron chi connectivity index (χ3n) is 2.94. The summed E-state index contributed by atoms with van der Waals surface area (Å²) < 4.78 is 1.53. The number of hydrogen-bond donors (Lipinski definition) is 1. The highest BCUT2D eigenvalue weighted by atomic mass is 16.1. The fourth-order valence-electron chi connectivity index (χ4n) is 1.96. The van der Waals surface area contributed by atoms with Gasteiger partial charge in [-0.25, -0.2) is 0 Å². The Morgan fingerprint density at radius 1 is 1.60 bits per heavy atom. The van der Waals surface area contributed by atoms with Crippen LogP contribution in [0.25, 0.3) is 0 Å². The van der Waals surface area contributed by atoms with Crippen LogP contribution in [-0.2, 0) is 7.05 Å². The molecular weight excluding hydrogens is 190 g/mol. The maximum Gasteiger partial charge on any atom is 0.250 e. The highest BCUT2D eigenvalue weighted by molar-refractivity contribution is 5.22. The summed E-state index contributed by atoms with van der Waals surface area (Å²) in [6.45, 7) is 1.50. The maximum atomic E-state index is 11.5. The Morgan fingerprint density at radius 3 is 3.07 bits per heavy atom. The van der Waals surface area contributed by atoms with Crippen molar-refractivity contribution in [1.29, 1.82) is 5.26 Å². The fourth-order valence-corrected chi connectivity index (χ4v) is 1.96. The molecule has 1 aliphatic rings. The summed E-state index contributed by atoms with van der Waals surface area (Å²) in [5.74, 6) is 0.140. The molecule has 2 heterocycles. The Hall–Kier alpha value is -1.60. The minimum atomic E-state index is -0.0175. The average Bonchev–Trinajstić information content (AvgIpc) is 2.70. The molecule has 15 heavy (non-hydrogen) atoms.